The van der Waals surface area contributed by atoms with Crippen molar-refractivity contribution in [2.75, 3.05) is 23.7 Å². The minimum Gasteiger partial charge on any atom is -0.370 e. The summed E-state index contributed by atoms with van der Waals surface area (Å²) in [5.41, 5.74) is 5.12. The van der Waals surface area contributed by atoms with E-state index < -0.39 is 0 Å². The zero-order valence-corrected chi connectivity index (χ0v) is 12.7. The van der Waals surface area contributed by atoms with Gasteiger partial charge in [-0.1, -0.05) is 6.92 Å². The van der Waals surface area contributed by atoms with Gasteiger partial charge in [-0.2, -0.15) is 0 Å². The number of hydrogen-bond acceptors (Lipinski definition) is 5. The van der Waals surface area contributed by atoms with Crippen LogP contribution in [0.1, 0.15) is 57.2 Å². The first-order valence-corrected chi connectivity index (χ1v) is 7.84. The molecule has 1 saturated carbocycles. The predicted molar refractivity (Wildman–Crippen MR) is 84.3 cm³/mol. The normalized spacial score (nSPS) is 14.0. The van der Waals surface area contributed by atoms with E-state index in [-0.39, 0.29) is 5.91 Å². The lowest BCUT2D eigenvalue weighted by Crippen LogP contribution is -2.12. The van der Waals surface area contributed by atoms with Crippen LogP contribution in [0.3, 0.4) is 0 Å². The van der Waals surface area contributed by atoms with Gasteiger partial charge in [0.05, 0.1) is 0 Å². The van der Waals surface area contributed by atoms with Crippen molar-refractivity contribution in [3.8, 4) is 0 Å². The van der Waals surface area contributed by atoms with Gasteiger partial charge in [-0.3, -0.25) is 4.79 Å². The Balaban J connectivity index is 1.87. The van der Waals surface area contributed by atoms with Gasteiger partial charge in [0, 0.05) is 31.5 Å². The molecule has 0 bridgehead atoms. The largest absolute Gasteiger partial charge is 0.370 e. The number of nitrogens with two attached hydrogens (primary N) is 1. The second kappa shape index (κ2) is 7.81. The minimum atomic E-state index is -0.237. The van der Waals surface area contributed by atoms with E-state index in [1.165, 1.54) is 12.8 Å². The lowest BCUT2D eigenvalue weighted by atomic mass is 10.2. The number of aromatic nitrogens is 2. The second-order valence-corrected chi connectivity index (χ2v) is 5.55. The van der Waals surface area contributed by atoms with Crippen LogP contribution >= 0.6 is 0 Å². The summed E-state index contributed by atoms with van der Waals surface area (Å²) in [5, 5.41) is 6.64. The molecule has 6 heteroatoms. The van der Waals surface area contributed by atoms with E-state index in [1.807, 2.05) is 6.07 Å². The van der Waals surface area contributed by atoms with Crippen LogP contribution in [-0.2, 0) is 4.79 Å². The fourth-order valence-corrected chi connectivity index (χ4v) is 2.06. The third-order valence-electron chi connectivity index (χ3n) is 3.40. The molecule has 0 spiro atoms. The molecule has 1 aliphatic carbocycles. The zero-order valence-electron chi connectivity index (χ0n) is 12.7. The van der Waals surface area contributed by atoms with Crippen molar-refractivity contribution >= 4 is 17.5 Å². The van der Waals surface area contributed by atoms with Crippen LogP contribution in [0.2, 0.25) is 0 Å². The first-order chi connectivity index (χ1) is 10.2. The summed E-state index contributed by atoms with van der Waals surface area (Å²) in [4.78, 5) is 19.8. The van der Waals surface area contributed by atoms with E-state index >= 15 is 0 Å². The fourth-order valence-electron chi connectivity index (χ4n) is 2.06. The molecule has 21 heavy (non-hydrogen) atoms. The molecule has 0 aromatic carbocycles. The lowest BCUT2D eigenvalue weighted by Gasteiger charge is -2.10. The third-order valence-corrected chi connectivity index (χ3v) is 3.40. The summed E-state index contributed by atoms with van der Waals surface area (Å²) >= 11 is 0. The second-order valence-electron chi connectivity index (χ2n) is 5.55. The molecule has 0 aliphatic heterocycles. The van der Waals surface area contributed by atoms with Crippen LogP contribution < -0.4 is 16.4 Å². The Morgan fingerprint density at radius 3 is 2.48 bits per heavy atom. The average Bonchev–Trinajstić information content (AvgIpc) is 3.29. The monoisotopic (exact) mass is 291 g/mol. The number of unbranched alkanes of at least 4 members (excludes halogenated alkanes) is 1. The SMILES string of the molecule is CCCNc1cc(NCCCCC(N)=O)nc(C2CC2)n1. The molecular formula is C15H25N5O. The summed E-state index contributed by atoms with van der Waals surface area (Å²) in [6, 6.07) is 1.95. The van der Waals surface area contributed by atoms with Gasteiger partial charge in [0.1, 0.15) is 17.5 Å². The summed E-state index contributed by atoms with van der Waals surface area (Å²) in [6.45, 7) is 3.84. The molecular weight excluding hydrogens is 266 g/mol. The fraction of sp³-hybridized carbons (Fsp3) is 0.667. The lowest BCUT2D eigenvalue weighted by molar-refractivity contribution is -0.118. The molecule has 2 rings (SSSR count). The van der Waals surface area contributed by atoms with Crippen LogP contribution in [0.5, 0.6) is 0 Å². The van der Waals surface area contributed by atoms with E-state index in [0.29, 0.717) is 12.3 Å². The predicted octanol–water partition coefficient (Wildman–Crippen LogP) is 2.24. The molecule has 1 aromatic heterocycles. The maximum absolute atomic E-state index is 10.7. The Morgan fingerprint density at radius 1 is 1.24 bits per heavy atom. The summed E-state index contributed by atoms with van der Waals surface area (Å²) in [5.74, 6) is 3.00. The molecule has 0 radical (unpaired) electrons. The number of hydrogen-bond donors (Lipinski definition) is 3. The van der Waals surface area contributed by atoms with E-state index in [0.717, 1.165) is 49.8 Å². The number of carbonyl (C=O) groups is 1. The van der Waals surface area contributed by atoms with E-state index in [4.69, 9.17) is 5.73 Å². The van der Waals surface area contributed by atoms with Crippen molar-refractivity contribution in [3.63, 3.8) is 0 Å². The van der Waals surface area contributed by atoms with Crippen molar-refractivity contribution in [2.24, 2.45) is 5.73 Å². The summed E-state index contributed by atoms with van der Waals surface area (Å²) in [6.07, 6.45) is 5.61. The van der Waals surface area contributed by atoms with Gasteiger partial charge < -0.3 is 16.4 Å². The van der Waals surface area contributed by atoms with Crippen molar-refractivity contribution < 1.29 is 4.79 Å². The number of primary amides is 1. The van der Waals surface area contributed by atoms with Crippen molar-refractivity contribution in [1.29, 1.82) is 0 Å². The quantitative estimate of drug-likeness (QED) is 0.575. The first-order valence-electron chi connectivity index (χ1n) is 7.84. The van der Waals surface area contributed by atoms with Gasteiger partial charge >= 0.3 is 0 Å². The Morgan fingerprint density at radius 2 is 1.90 bits per heavy atom. The molecule has 116 valence electrons. The molecule has 4 N–H and O–H groups in total. The number of rotatable bonds is 10. The van der Waals surface area contributed by atoms with Gasteiger partial charge in [-0.25, -0.2) is 9.97 Å². The van der Waals surface area contributed by atoms with Crippen LogP contribution in [0, 0.1) is 0 Å². The summed E-state index contributed by atoms with van der Waals surface area (Å²) < 4.78 is 0. The number of anilines is 2. The van der Waals surface area contributed by atoms with Gasteiger partial charge in [-0.15, -0.1) is 0 Å². The topological polar surface area (TPSA) is 92.9 Å². The molecule has 1 amide bonds. The zero-order chi connectivity index (χ0) is 15.1. The highest BCUT2D eigenvalue weighted by Gasteiger charge is 2.27. The van der Waals surface area contributed by atoms with Gasteiger partial charge in [0.25, 0.3) is 0 Å². The Labute approximate surface area is 125 Å². The number of nitrogens with one attached hydrogen (secondary N) is 2. The number of amides is 1. The van der Waals surface area contributed by atoms with Crippen molar-refractivity contribution in [1.82, 2.24) is 9.97 Å². The highest BCUT2D eigenvalue weighted by molar-refractivity contribution is 5.73. The molecule has 0 atom stereocenters. The number of nitrogens with zero attached hydrogens (tertiary/aromatic N) is 2. The van der Waals surface area contributed by atoms with Crippen LogP contribution in [-0.4, -0.2) is 29.0 Å². The highest BCUT2D eigenvalue weighted by atomic mass is 16.1. The summed E-state index contributed by atoms with van der Waals surface area (Å²) in [7, 11) is 0. The van der Waals surface area contributed by atoms with E-state index in [1.54, 1.807) is 0 Å². The third kappa shape index (κ3) is 5.57. The van der Waals surface area contributed by atoms with Gasteiger partial charge in [0.2, 0.25) is 5.91 Å². The molecule has 1 aliphatic rings. The molecule has 1 aromatic rings. The van der Waals surface area contributed by atoms with E-state index in [2.05, 4.69) is 27.5 Å². The highest BCUT2D eigenvalue weighted by Crippen LogP contribution is 2.38. The van der Waals surface area contributed by atoms with Crippen LogP contribution in [0.15, 0.2) is 6.07 Å². The molecule has 0 unspecified atom stereocenters. The standard InChI is InChI=1S/C15H25N5O/c1-2-8-17-13-10-14(18-9-4-3-5-12(16)21)20-15(19-13)11-6-7-11/h10-11H,2-9H2,1H3,(H2,16,21)(H2,17,18,19,20). The van der Waals surface area contributed by atoms with Crippen LogP contribution in [0.4, 0.5) is 11.6 Å². The van der Waals surface area contributed by atoms with Crippen molar-refractivity contribution in [3.05, 3.63) is 11.9 Å². The first kappa shape index (κ1) is 15.5. The Bertz CT molecular complexity index is 473. The maximum atomic E-state index is 10.7. The Hall–Kier alpha value is -1.85. The smallest absolute Gasteiger partial charge is 0.217 e. The maximum Gasteiger partial charge on any atom is 0.217 e. The minimum absolute atomic E-state index is 0.237. The molecule has 0 saturated heterocycles. The number of carbonyl (C=O) groups excluding carboxylic acids is 1. The molecule has 1 heterocycles. The molecule has 6 nitrogen and oxygen atoms in total. The van der Waals surface area contributed by atoms with Gasteiger partial charge in [-0.05, 0) is 32.1 Å². The van der Waals surface area contributed by atoms with Gasteiger partial charge in [0.15, 0.2) is 0 Å². The van der Waals surface area contributed by atoms with Crippen molar-refractivity contribution in [2.45, 2.75) is 51.4 Å². The average molecular weight is 291 g/mol. The van der Waals surface area contributed by atoms with Crippen LogP contribution in [0.25, 0.3) is 0 Å². The Kier molecular flexibility index (Phi) is 5.78. The molecule has 1 fully saturated rings. The van der Waals surface area contributed by atoms with E-state index in [9.17, 15) is 4.79 Å².